The summed E-state index contributed by atoms with van der Waals surface area (Å²) in [5.74, 6) is 0.0193. The van der Waals surface area contributed by atoms with Crippen LogP contribution in [0.5, 0.6) is 0 Å². The van der Waals surface area contributed by atoms with E-state index < -0.39 is 5.69 Å². The summed E-state index contributed by atoms with van der Waals surface area (Å²) in [5.41, 5.74) is 0.341. The summed E-state index contributed by atoms with van der Waals surface area (Å²) < 4.78 is 4.88. The fourth-order valence-electron chi connectivity index (χ4n) is 3.26. The van der Waals surface area contributed by atoms with E-state index in [1.54, 1.807) is 48.5 Å². The van der Waals surface area contributed by atoms with E-state index in [4.69, 9.17) is 0 Å². The predicted molar refractivity (Wildman–Crippen MR) is 110 cm³/mol. The zero-order valence-electron chi connectivity index (χ0n) is 15.1. The summed E-state index contributed by atoms with van der Waals surface area (Å²) >= 11 is 3.33. The van der Waals surface area contributed by atoms with Crippen LogP contribution < -0.4 is 11.2 Å². The molecular weight excluding hydrogens is 424 g/mol. The van der Waals surface area contributed by atoms with Crippen LogP contribution in [0.2, 0.25) is 0 Å². The molecule has 0 amide bonds. The fourth-order valence-corrected chi connectivity index (χ4v) is 3.52. The first-order chi connectivity index (χ1) is 13.5. The van der Waals surface area contributed by atoms with Crippen LogP contribution in [0, 0.1) is 0 Å². The summed E-state index contributed by atoms with van der Waals surface area (Å²) in [5, 5.41) is 4.77. The van der Waals surface area contributed by atoms with Crippen LogP contribution in [0.4, 0.5) is 0 Å². The third kappa shape index (κ3) is 2.99. The Hall–Kier alpha value is -3.00. The predicted octanol–water partition coefficient (Wildman–Crippen LogP) is 2.87. The van der Waals surface area contributed by atoms with Gasteiger partial charge in [-0.3, -0.25) is 14.2 Å². The van der Waals surface area contributed by atoms with Gasteiger partial charge in [0.25, 0.3) is 5.56 Å². The molecule has 8 heteroatoms. The van der Waals surface area contributed by atoms with E-state index in [-0.39, 0.29) is 23.7 Å². The highest BCUT2D eigenvalue weighted by molar-refractivity contribution is 9.10. The molecule has 0 saturated carbocycles. The number of fused-ring (bicyclic) bond motifs is 3. The molecule has 2 heterocycles. The van der Waals surface area contributed by atoms with Gasteiger partial charge in [-0.05, 0) is 30.7 Å². The quantitative estimate of drug-likeness (QED) is 0.447. The zero-order valence-corrected chi connectivity index (χ0v) is 16.7. The van der Waals surface area contributed by atoms with Crippen molar-refractivity contribution in [1.82, 2.24) is 18.7 Å². The largest absolute Gasteiger partial charge is 0.352 e. The van der Waals surface area contributed by atoms with Crippen LogP contribution in [-0.4, -0.2) is 24.5 Å². The van der Waals surface area contributed by atoms with Gasteiger partial charge < -0.3 is 0 Å². The second kappa shape index (κ2) is 7.20. The molecule has 0 bridgehead atoms. The van der Waals surface area contributed by atoms with E-state index in [0.29, 0.717) is 29.4 Å². The SMILES string of the molecule is CCCn1c(=O)c2ccccc2n2c(=O)n(CC(=O)c3ccc(Br)cc3)nc12. The number of ketones is 1. The first kappa shape index (κ1) is 18.4. The number of carbonyl (C=O) groups is 1. The molecular formula is C20H17BrN4O3. The maximum absolute atomic E-state index is 13.0. The monoisotopic (exact) mass is 440 g/mol. The second-order valence-corrected chi connectivity index (χ2v) is 7.40. The van der Waals surface area contributed by atoms with E-state index in [9.17, 15) is 14.4 Å². The highest BCUT2D eigenvalue weighted by Gasteiger charge is 2.18. The summed E-state index contributed by atoms with van der Waals surface area (Å²) in [6, 6.07) is 13.9. The number of para-hydroxylation sites is 1. The van der Waals surface area contributed by atoms with Gasteiger partial charge in [-0.1, -0.05) is 47.1 Å². The van der Waals surface area contributed by atoms with Crippen molar-refractivity contribution in [2.75, 3.05) is 0 Å². The van der Waals surface area contributed by atoms with E-state index in [2.05, 4.69) is 21.0 Å². The summed E-state index contributed by atoms with van der Waals surface area (Å²) in [6.07, 6.45) is 0.715. The van der Waals surface area contributed by atoms with E-state index in [1.165, 1.54) is 8.97 Å². The normalized spacial score (nSPS) is 11.4. The molecule has 28 heavy (non-hydrogen) atoms. The van der Waals surface area contributed by atoms with Crippen molar-refractivity contribution in [3.05, 3.63) is 79.4 Å². The maximum Gasteiger partial charge on any atom is 0.352 e. The molecule has 0 aliphatic heterocycles. The van der Waals surface area contributed by atoms with Gasteiger partial charge in [-0.15, -0.1) is 5.10 Å². The molecule has 0 saturated heterocycles. The number of aryl methyl sites for hydroxylation is 1. The smallest absolute Gasteiger partial charge is 0.292 e. The molecule has 0 aliphatic carbocycles. The van der Waals surface area contributed by atoms with Crippen molar-refractivity contribution in [1.29, 1.82) is 0 Å². The van der Waals surface area contributed by atoms with Crippen LogP contribution in [0.15, 0.2) is 62.6 Å². The van der Waals surface area contributed by atoms with Crippen molar-refractivity contribution in [3.63, 3.8) is 0 Å². The van der Waals surface area contributed by atoms with Gasteiger partial charge in [0.15, 0.2) is 5.78 Å². The standard InChI is InChI=1S/C20H17BrN4O3/c1-2-11-23-18(27)15-5-3-4-6-16(15)25-19(23)22-24(20(25)28)12-17(26)13-7-9-14(21)10-8-13/h3-10H,2,11-12H2,1H3. The summed E-state index contributed by atoms with van der Waals surface area (Å²) in [4.78, 5) is 38.5. The number of rotatable bonds is 5. The average Bonchev–Trinajstić information content (AvgIpc) is 3.02. The van der Waals surface area contributed by atoms with Gasteiger partial charge in [0.05, 0.1) is 10.9 Å². The summed E-state index contributed by atoms with van der Waals surface area (Å²) in [6.45, 7) is 2.19. The van der Waals surface area contributed by atoms with Gasteiger partial charge in [-0.25, -0.2) is 13.9 Å². The molecule has 0 aliphatic rings. The van der Waals surface area contributed by atoms with Gasteiger partial charge >= 0.3 is 5.69 Å². The average molecular weight is 441 g/mol. The lowest BCUT2D eigenvalue weighted by Crippen LogP contribution is -2.27. The lowest BCUT2D eigenvalue weighted by atomic mass is 10.1. The molecule has 142 valence electrons. The molecule has 2 aromatic heterocycles. The lowest BCUT2D eigenvalue weighted by molar-refractivity contribution is 0.0966. The molecule has 7 nitrogen and oxygen atoms in total. The number of benzene rings is 2. The van der Waals surface area contributed by atoms with E-state index >= 15 is 0 Å². The second-order valence-electron chi connectivity index (χ2n) is 6.48. The molecule has 0 N–H and O–H groups in total. The Balaban J connectivity index is 1.90. The fraction of sp³-hybridized carbons (Fsp3) is 0.200. The first-order valence-electron chi connectivity index (χ1n) is 8.91. The molecule has 0 unspecified atom stereocenters. The number of hydrogen-bond donors (Lipinski definition) is 0. The highest BCUT2D eigenvalue weighted by atomic mass is 79.9. The van der Waals surface area contributed by atoms with Gasteiger partial charge in [-0.2, -0.15) is 0 Å². The van der Waals surface area contributed by atoms with Crippen molar-refractivity contribution in [2.45, 2.75) is 26.4 Å². The Bertz CT molecular complexity index is 1320. The van der Waals surface area contributed by atoms with Crippen LogP contribution in [0.3, 0.4) is 0 Å². The number of halogens is 1. The Labute approximate surface area is 168 Å². The molecule has 4 rings (SSSR count). The molecule has 0 atom stereocenters. The lowest BCUT2D eigenvalue weighted by Gasteiger charge is -2.07. The van der Waals surface area contributed by atoms with Crippen LogP contribution >= 0.6 is 15.9 Å². The first-order valence-corrected chi connectivity index (χ1v) is 9.70. The van der Waals surface area contributed by atoms with Crippen molar-refractivity contribution in [2.24, 2.45) is 0 Å². The van der Waals surface area contributed by atoms with Crippen LogP contribution in [-0.2, 0) is 13.1 Å². The van der Waals surface area contributed by atoms with Crippen molar-refractivity contribution in [3.8, 4) is 0 Å². The van der Waals surface area contributed by atoms with Gasteiger partial charge in [0.2, 0.25) is 5.78 Å². The molecule has 0 fully saturated rings. The highest BCUT2D eigenvalue weighted by Crippen LogP contribution is 2.13. The number of nitrogens with zero attached hydrogens (tertiary/aromatic N) is 4. The van der Waals surface area contributed by atoms with Gasteiger partial charge in [0, 0.05) is 16.6 Å². The zero-order chi connectivity index (χ0) is 19.8. The topological polar surface area (TPSA) is 78.4 Å². The third-order valence-electron chi connectivity index (χ3n) is 4.59. The Kier molecular flexibility index (Phi) is 4.72. The summed E-state index contributed by atoms with van der Waals surface area (Å²) in [7, 11) is 0. The molecule has 0 radical (unpaired) electrons. The van der Waals surface area contributed by atoms with Gasteiger partial charge in [0.1, 0.15) is 6.54 Å². The molecule has 4 aromatic rings. The minimum atomic E-state index is -0.443. The molecule has 2 aromatic carbocycles. The maximum atomic E-state index is 13.0. The third-order valence-corrected chi connectivity index (χ3v) is 5.12. The Morgan fingerprint density at radius 3 is 2.50 bits per heavy atom. The van der Waals surface area contributed by atoms with Crippen molar-refractivity contribution < 1.29 is 4.79 Å². The minimum Gasteiger partial charge on any atom is -0.292 e. The molecule has 0 spiro atoms. The van der Waals surface area contributed by atoms with Crippen molar-refractivity contribution >= 4 is 38.4 Å². The number of aromatic nitrogens is 4. The van der Waals surface area contributed by atoms with E-state index in [0.717, 1.165) is 9.15 Å². The minimum absolute atomic E-state index is 0.193. The Morgan fingerprint density at radius 2 is 1.79 bits per heavy atom. The Morgan fingerprint density at radius 1 is 1.07 bits per heavy atom. The van der Waals surface area contributed by atoms with E-state index in [1.807, 2.05) is 6.92 Å². The number of carbonyl (C=O) groups excluding carboxylic acids is 1. The number of hydrogen-bond acceptors (Lipinski definition) is 4. The number of Topliss-reactive ketones (excluding diaryl/α,β-unsaturated/α-hetero) is 1. The van der Waals surface area contributed by atoms with Crippen LogP contribution in [0.1, 0.15) is 23.7 Å². The van der Waals surface area contributed by atoms with Crippen LogP contribution in [0.25, 0.3) is 16.7 Å².